The summed E-state index contributed by atoms with van der Waals surface area (Å²) in [5.74, 6) is 1.26. The highest BCUT2D eigenvalue weighted by Crippen LogP contribution is 2.20. The first-order valence-corrected chi connectivity index (χ1v) is 10.7. The van der Waals surface area contributed by atoms with Crippen molar-refractivity contribution in [3.63, 3.8) is 0 Å². The molecule has 164 valence electrons. The van der Waals surface area contributed by atoms with Crippen molar-refractivity contribution in [2.24, 2.45) is 0 Å². The van der Waals surface area contributed by atoms with Gasteiger partial charge in [-0.3, -0.25) is 4.79 Å². The van der Waals surface area contributed by atoms with Gasteiger partial charge in [-0.2, -0.15) is 4.98 Å². The largest absolute Gasteiger partial charge is 0.378 e. The number of nitrogens with zero attached hydrogens (tertiary/aromatic N) is 4. The fourth-order valence-electron chi connectivity index (χ4n) is 3.44. The van der Waals surface area contributed by atoms with Crippen molar-refractivity contribution in [3.05, 3.63) is 41.5 Å². The van der Waals surface area contributed by atoms with Crippen molar-refractivity contribution >= 4 is 11.6 Å². The fourth-order valence-corrected chi connectivity index (χ4v) is 3.44. The lowest BCUT2D eigenvalue weighted by molar-refractivity contribution is -0.133. The lowest BCUT2D eigenvalue weighted by Crippen LogP contribution is -2.37. The van der Waals surface area contributed by atoms with Crippen molar-refractivity contribution in [2.45, 2.75) is 64.5 Å². The van der Waals surface area contributed by atoms with Gasteiger partial charge >= 0.3 is 0 Å². The molecule has 0 saturated carbocycles. The minimum absolute atomic E-state index is 0.0812. The van der Waals surface area contributed by atoms with Crippen LogP contribution in [0, 0.1) is 0 Å². The number of aryl methyl sites for hydroxylation is 1. The summed E-state index contributed by atoms with van der Waals surface area (Å²) in [5.41, 5.74) is 2.08. The number of ether oxygens (including phenoxy) is 1. The van der Waals surface area contributed by atoms with Crippen molar-refractivity contribution in [3.8, 4) is 0 Å². The van der Waals surface area contributed by atoms with Gasteiger partial charge in [-0.15, -0.1) is 0 Å². The molecule has 0 aliphatic carbocycles. The molecule has 1 aliphatic rings. The zero-order valence-corrected chi connectivity index (χ0v) is 18.9. The monoisotopic (exact) mass is 414 g/mol. The first-order valence-electron chi connectivity index (χ1n) is 10.7. The highest BCUT2D eigenvalue weighted by molar-refractivity contribution is 5.76. The Morgan fingerprint density at radius 2 is 1.93 bits per heavy atom. The minimum Gasteiger partial charge on any atom is -0.378 e. The molecule has 7 heteroatoms. The van der Waals surface area contributed by atoms with Crippen LogP contribution in [-0.2, 0) is 27.9 Å². The number of carbonyl (C=O) groups is 1. The first-order chi connectivity index (χ1) is 14.2. The van der Waals surface area contributed by atoms with Gasteiger partial charge in [0.15, 0.2) is 5.82 Å². The molecule has 1 aliphatic heterocycles. The smallest absolute Gasteiger partial charge is 0.227 e. The molecular weight excluding hydrogens is 380 g/mol. The van der Waals surface area contributed by atoms with Crippen LogP contribution in [0.2, 0.25) is 0 Å². The molecule has 30 heavy (non-hydrogen) atoms. The third-order valence-electron chi connectivity index (χ3n) is 5.32. The summed E-state index contributed by atoms with van der Waals surface area (Å²) in [7, 11) is 4.04. The molecule has 0 radical (unpaired) electrons. The van der Waals surface area contributed by atoms with Gasteiger partial charge in [0.05, 0.1) is 6.10 Å². The van der Waals surface area contributed by atoms with Crippen LogP contribution in [0.4, 0.5) is 5.69 Å². The van der Waals surface area contributed by atoms with Crippen LogP contribution >= 0.6 is 0 Å². The number of hydrogen-bond donors (Lipinski definition) is 0. The summed E-state index contributed by atoms with van der Waals surface area (Å²) in [6.45, 7) is 8.09. The highest BCUT2D eigenvalue weighted by Gasteiger charge is 2.24. The van der Waals surface area contributed by atoms with Crippen LogP contribution in [-0.4, -0.2) is 54.3 Å². The Hall–Kier alpha value is -2.41. The van der Waals surface area contributed by atoms with E-state index in [0.29, 0.717) is 37.6 Å². The van der Waals surface area contributed by atoms with Gasteiger partial charge in [0.25, 0.3) is 0 Å². The second-order valence-corrected chi connectivity index (χ2v) is 9.23. The molecule has 1 aromatic carbocycles. The van der Waals surface area contributed by atoms with Gasteiger partial charge in [-0.1, -0.05) is 38.1 Å². The molecule has 7 nitrogen and oxygen atoms in total. The lowest BCUT2D eigenvalue weighted by Gasteiger charge is -2.26. The molecule has 2 heterocycles. The number of anilines is 1. The molecule has 1 saturated heterocycles. The quantitative estimate of drug-likeness (QED) is 0.658. The van der Waals surface area contributed by atoms with E-state index >= 15 is 0 Å². The number of hydrogen-bond acceptors (Lipinski definition) is 6. The van der Waals surface area contributed by atoms with E-state index in [2.05, 4.69) is 39.3 Å². The van der Waals surface area contributed by atoms with E-state index in [1.165, 1.54) is 0 Å². The maximum atomic E-state index is 13.1. The van der Waals surface area contributed by atoms with Gasteiger partial charge in [0.1, 0.15) is 0 Å². The fraction of sp³-hybridized carbons (Fsp3) is 0.609. The third-order valence-corrected chi connectivity index (χ3v) is 5.32. The maximum absolute atomic E-state index is 13.1. The van der Waals surface area contributed by atoms with Crippen LogP contribution < -0.4 is 4.90 Å². The number of carbonyl (C=O) groups excluding carboxylic acids is 1. The third kappa shape index (κ3) is 6.05. The summed E-state index contributed by atoms with van der Waals surface area (Å²) in [6, 6.07) is 8.32. The molecule has 0 bridgehead atoms. The number of benzene rings is 1. The van der Waals surface area contributed by atoms with Gasteiger partial charge < -0.3 is 19.1 Å². The average Bonchev–Trinajstić information content (AvgIpc) is 3.37. The molecule has 2 aromatic rings. The van der Waals surface area contributed by atoms with Crippen molar-refractivity contribution in [1.29, 1.82) is 0 Å². The van der Waals surface area contributed by atoms with Gasteiger partial charge in [-0.05, 0) is 30.5 Å². The summed E-state index contributed by atoms with van der Waals surface area (Å²) in [5, 5.41) is 4.05. The summed E-state index contributed by atoms with van der Waals surface area (Å²) >= 11 is 0. The normalized spacial score (nSPS) is 16.6. The highest BCUT2D eigenvalue weighted by atomic mass is 16.5. The Labute approximate surface area is 179 Å². The summed E-state index contributed by atoms with van der Waals surface area (Å²) in [6.07, 6.45) is 2.97. The van der Waals surface area contributed by atoms with Gasteiger partial charge in [-0.25, -0.2) is 0 Å². The van der Waals surface area contributed by atoms with Crippen LogP contribution in [0.1, 0.15) is 57.3 Å². The second kappa shape index (κ2) is 9.60. The van der Waals surface area contributed by atoms with E-state index in [0.717, 1.165) is 30.7 Å². The Morgan fingerprint density at radius 3 is 2.50 bits per heavy atom. The average molecular weight is 415 g/mol. The molecule has 1 aromatic heterocycles. The van der Waals surface area contributed by atoms with E-state index in [1.807, 2.05) is 39.8 Å². The predicted molar refractivity (Wildman–Crippen MR) is 116 cm³/mol. The number of amides is 1. The summed E-state index contributed by atoms with van der Waals surface area (Å²) < 4.78 is 11.1. The topological polar surface area (TPSA) is 71.7 Å². The Kier molecular flexibility index (Phi) is 7.13. The zero-order valence-electron chi connectivity index (χ0n) is 18.9. The SMILES string of the molecule is CN(C)c1ccc(CN(CC2CCCO2)C(=O)CCc2nc(C(C)(C)C)no2)cc1. The number of aromatic nitrogens is 2. The predicted octanol–water partition coefficient (Wildman–Crippen LogP) is 3.57. The van der Waals surface area contributed by atoms with E-state index in [4.69, 9.17) is 9.26 Å². The van der Waals surface area contributed by atoms with Crippen LogP contribution in [0.15, 0.2) is 28.8 Å². The lowest BCUT2D eigenvalue weighted by atomic mass is 9.96. The standard InChI is InChI=1S/C23H34N4O3/c1-23(2,3)22-24-20(30-25-22)12-13-21(28)27(16-19-7-6-14-29-19)15-17-8-10-18(11-9-17)26(4)5/h8-11,19H,6-7,12-16H2,1-5H3. The van der Waals surface area contributed by atoms with Gasteiger partial charge in [0, 0.05) is 57.7 Å². The molecule has 0 spiro atoms. The molecule has 0 N–H and O–H groups in total. The second-order valence-electron chi connectivity index (χ2n) is 9.23. The maximum Gasteiger partial charge on any atom is 0.227 e. The van der Waals surface area contributed by atoms with E-state index in [9.17, 15) is 4.79 Å². The molecule has 1 fully saturated rings. The zero-order chi connectivity index (χ0) is 21.7. The van der Waals surface area contributed by atoms with Gasteiger partial charge in [0.2, 0.25) is 11.8 Å². The minimum atomic E-state index is -0.170. The van der Waals surface area contributed by atoms with E-state index < -0.39 is 0 Å². The molecule has 1 amide bonds. The Bertz CT molecular complexity index is 818. The molecule has 1 unspecified atom stereocenters. The molecular formula is C23H34N4O3. The van der Waals surface area contributed by atoms with Crippen molar-refractivity contribution in [2.75, 3.05) is 32.1 Å². The van der Waals surface area contributed by atoms with Crippen molar-refractivity contribution < 1.29 is 14.1 Å². The van der Waals surface area contributed by atoms with Crippen LogP contribution in [0.25, 0.3) is 0 Å². The number of rotatable bonds is 8. The Balaban J connectivity index is 1.64. The summed E-state index contributed by atoms with van der Waals surface area (Å²) in [4.78, 5) is 21.5. The van der Waals surface area contributed by atoms with E-state index in [1.54, 1.807) is 0 Å². The molecule has 3 rings (SSSR count). The Morgan fingerprint density at radius 1 is 1.20 bits per heavy atom. The van der Waals surface area contributed by atoms with E-state index in [-0.39, 0.29) is 17.4 Å². The van der Waals surface area contributed by atoms with Crippen LogP contribution in [0.5, 0.6) is 0 Å². The van der Waals surface area contributed by atoms with Crippen LogP contribution in [0.3, 0.4) is 0 Å². The van der Waals surface area contributed by atoms with Crippen molar-refractivity contribution in [1.82, 2.24) is 15.0 Å². The first kappa shape index (κ1) is 22.3. The molecule has 1 atom stereocenters.